The topological polar surface area (TPSA) is 101 Å². The van der Waals surface area contributed by atoms with Gasteiger partial charge in [-0.25, -0.2) is 19.4 Å². The summed E-state index contributed by atoms with van der Waals surface area (Å²) >= 11 is 0. The Morgan fingerprint density at radius 2 is 1.58 bits per heavy atom. The molecule has 4 aromatic carbocycles. The predicted octanol–water partition coefficient (Wildman–Crippen LogP) is 12.0. The van der Waals surface area contributed by atoms with Crippen molar-refractivity contribution in [1.82, 2.24) is 0 Å². The van der Waals surface area contributed by atoms with Crippen LogP contribution in [-0.2, 0) is 23.7 Å². The summed E-state index contributed by atoms with van der Waals surface area (Å²) in [6.45, 7) is 16.0. The maximum Gasteiger partial charge on any atom is 0.416 e. The number of carboxylic acid groups (broad SMARTS) is 2. The monoisotopic (exact) mass is 696 g/mol. The van der Waals surface area contributed by atoms with Crippen molar-refractivity contribution in [3.05, 3.63) is 129 Å². The molecule has 2 amide bonds. The molecule has 3 N–H and O–H groups in total. The summed E-state index contributed by atoms with van der Waals surface area (Å²) in [4.78, 5) is 28.9. The summed E-state index contributed by atoms with van der Waals surface area (Å²) < 4.78 is 0. The Bertz CT molecular complexity index is 2290. The molecule has 1 heterocycles. The van der Waals surface area contributed by atoms with Gasteiger partial charge in [0.15, 0.2) is 0 Å². The molecule has 0 fully saturated rings. The van der Waals surface area contributed by atoms with E-state index < -0.39 is 23.0 Å². The van der Waals surface area contributed by atoms with Gasteiger partial charge >= 0.3 is 12.2 Å². The van der Waals surface area contributed by atoms with Crippen LogP contribution < -0.4 is 9.80 Å². The van der Waals surface area contributed by atoms with Crippen LogP contribution in [0.2, 0.25) is 0 Å². The Morgan fingerprint density at radius 1 is 0.962 bits per heavy atom. The van der Waals surface area contributed by atoms with Gasteiger partial charge in [-0.1, -0.05) is 114 Å². The van der Waals surface area contributed by atoms with E-state index in [2.05, 4.69) is 45.9 Å². The van der Waals surface area contributed by atoms with Crippen LogP contribution in [0, 0.1) is 0 Å². The van der Waals surface area contributed by atoms with E-state index in [0.717, 1.165) is 63.1 Å². The maximum absolute atomic E-state index is 13.2. The van der Waals surface area contributed by atoms with E-state index in [4.69, 9.17) is 0 Å². The number of aliphatic hydroxyl groups is 1. The number of nitrogens with zero attached hydrogens (tertiary/aromatic N) is 2. The van der Waals surface area contributed by atoms with Crippen LogP contribution in [0.25, 0.3) is 33.7 Å². The zero-order chi connectivity index (χ0) is 37.7. The van der Waals surface area contributed by atoms with Crippen molar-refractivity contribution in [3.63, 3.8) is 0 Å². The summed E-state index contributed by atoms with van der Waals surface area (Å²) in [5, 5.41) is 36.7. The molecule has 4 aromatic rings. The lowest BCUT2D eigenvalue weighted by Gasteiger charge is -2.32. The number of fused-ring (bicyclic) bond motifs is 6. The van der Waals surface area contributed by atoms with Gasteiger partial charge in [-0.3, -0.25) is 0 Å². The quantitative estimate of drug-likeness (QED) is 0.106. The van der Waals surface area contributed by atoms with Gasteiger partial charge in [0.05, 0.1) is 11.4 Å². The van der Waals surface area contributed by atoms with Crippen molar-refractivity contribution in [2.75, 3.05) is 9.80 Å². The van der Waals surface area contributed by atoms with E-state index in [1.165, 1.54) is 33.1 Å². The second-order valence-corrected chi connectivity index (χ2v) is 15.2. The molecule has 0 aromatic heterocycles. The number of amides is 2. The normalized spacial score (nSPS) is 16.6. The lowest BCUT2D eigenvalue weighted by Crippen LogP contribution is -2.31. The van der Waals surface area contributed by atoms with E-state index in [9.17, 15) is 24.9 Å². The number of benzene rings is 4. The first kappa shape index (κ1) is 36.2. The van der Waals surface area contributed by atoms with Crippen LogP contribution in [0.1, 0.15) is 95.2 Å². The molecule has 52 heavy (non-hydrogen) atoms. The van der Waals surface area contributed by atoms with Gasteiger partial charge in [0, 0.05) is 27.8 Å². The van der Waals surface area contributed by atoms with Gasteiger partial charge in [-0.15, -0.1) is 0 Å². The fraction of sp³-hybridized carbons (Fsp3) is 0.289. The minimum absolute atomic E-state index is 0.208. The zero-order valence-corrected chi connectivity index (χ0v) is 31.3. The number of rotatable bonds is 6. The van der Waals surface area contributed by atoms with Crippen molar-refractivity contribution in [2.45, 2.75) is 85.5 Å². The molecule has 0 unspecified atom stereocenters. The lowest BCUT2D eigenvalue weighted by molar-refractivity contribution is 0.202. The van der Waals surface area contributed by atoms with Crippen molar-refractivity contribution >= 4 is 57.3 Å². The van der Waals surface area contributed by atoms with E-state index >= 15 is 0 Å². The van der Waals surface area contributed by atoms with Gasteiger partial charge in [0.1, 0.15) is 5.76 Å². The predicted molar refractivity (Wildman–Crippen MR) is 215 cm³/mol. The molecule has 1 aliphatic carbocycles. The number of hydrogen-bond donors (Lipinski definition) is 3. The van der Waals surface area contributed by atoms with Crippen molar-refractivity contribution < 1.29 is 24.9 Å². The Balaban J connectivity index is 1.53. The molecule has 0 atom stereocenters. The van der Waals surface area contributed by atoms with E-state index in [1.54, 1.807) is 13.0 Å². The van der Waals surface area contributed by atoms with Gasteiger partial charge in [-0.2, -0.15) is 0 Å². The highest BCUT2D eigenvalue weighted by Crippen LogP contribution is 2.54. The van der Waals surface area contributed by atoms with Crippen LogP contribution >= 0.6 is 0 Å². The third kappa shape index (κ3) is 5.88. The van der Waals surface area contributed by atoms with Gasteiger partial charge in [0.2, 0.25) is 0 Å². The van der Waals surface area contributed by atoms with Crippen molar-refractivity contribution in [2.24, 2.45) is 0 Å². The summed E-state index contributed by atoms with van der Waals surface area (Å²) in [7, 11) is 0. The second kappa shape index (κ2) is 13.5. The fourth-order valence-corrected chi connectivity index (χ4v) is 8.43. The molecular formula is C45H48N2O5. The van der Waals surface area contributed by atoms with Crippen LogP contribution in [0.4, 0.5) is 21.0 Å². The molecule has 7 heteroatoms. The molecule has 0 radical (unpaired) electrons. The summed E-state index contributed by atoms with van der Waals surface area (Å²) in [6.07, 6.45) is 13.0. The molecule has 0 saturated heterocycles. The first-order valence-electron chi connectivity index (χ1n) is 18.0. The minimum atomic E-state index is -1.18. The van der Waals surface area contributed by atoms with Gasteiger partial charge in [0.25, 0.3) is 0 Å². The van der Waals surface area contributed by atoms with Gasteiger partial charge < -0.3 is 15.3 Å². The number of carbonyl (C=O) groups is 2. The number of hydrogen-bond acceptors (Lipinski definition) is 3. The Kier molecular flexibility index (Phi) is 9.43. The first-order valence-corrected chi connectivity index (χ1v) is 18.0. The summed E-state index contributed by atoms with van der Waals surface area (Å²) in [6, 6.07) is 15.8. The van der Waals surface area contributed by atoms with Crippen LogP contribution in [0.3, 0.4) is 0 Å². The lowest BCUT2D eigenvalue weighted by atomic mass is 9.75. The van der Waals surface area contributed by atoms with E-state index in [-0.39, 0.29) is 11.5 Å². The molecule has 0 bridgehead atoms. The third-order valence-electron chi connectivity index (χ3n) is 10.4. The SMILES string of the molecule is C/C=C\c1c(CC)c2c(c3c1C(C)(C)/C(=C/C=C(O)/C=C(\C)N(C(=O)O)c1c(C(C)(C)C)c4ccccc4c4ccccc14)N3C(=O)O)C=CCC2. The molecule has 2 aliphatic rings. The maximum atomic E-state index is 13.2. The molecule has 1 aliphatic heterocycles. The highest BCUT2D eigenvalue weighted by atomic mass is 16.4. The molecule has 6 rings (SSSR count). The highest BCUT2D eigenvalue weighted by molar-refractivity contribution is 6.18. The Morgan fingerprint density at radius 3 is 2.15 bits per heavy atom. The number of anilines is 2. The van der Waals surface area contributed by atoms with E-state index in [0.29, 0.717) is 17.1 Å². The standard InChI is InChI=1S/C45H48N2O5/c1-9-17-33-29(10-2)30-18-12-15-22-35(30)41-39(33)45(7,8)37(47(41)43(51)52)25-24-28(48)26-27(3)46(42(49)50)40-36-23-16-13-20-32(36)31-19-11-14-21-34(31)38(40)44(4,5)6/h9,11,13-17,19-26,48H,10,12,18H2,1-8H3,(H,49,50)(H,51,52)/b17-9-,27-26+,28-24-,37-25-. The molecule has 0 spiro atoms. The number of aliphatic hydroxyl groups excluding tert-OH is 1. The van der Waals surface area contributed by atoms with Gasteiger partial charge in [-0.05, 0) is 101 Å². The van der Waals surface area contributed by atoms with Crippen LogP contribution in [0.15, 0.2) is 96.1 Å². The zero-order valence-electron chi connectivity index (χ0n) is 31.3. The second-order valence-electron chi connectivity index (χ2n) is 15.2. The van der Waals surface area contributed by atoms with Crippen LogP contribution in [-0.4, -0.2) is 27.5 Å². The molecule has 0 saturated carbocycles. The average molecular weight is 697 g/mol. The minimum Gasteiger partial charge on any atom is -0.508 e. The smallest absolute Gasteiger partial charge is 0.416 e. The third-order valence-corrected chi connectivity index (χ3v) is 10.4. The summed E-state index contributed by atoms with van der Waals surface area (Å²) in [5.74, 6) is -0.208. The Labute approximate surface area is 306 Å². The largest absolute Gasteiger partial charge is 0.508 e. The summed E-state index contributed by atoms with van der Waals surface area (Å²) in [5.41, 5.74) is 7.04. The molecule has 7 nitrogen and oxygen atoms in total. The molecular weight excluding hydrogens is 649 g/mol. The van der Waals surface area contributed by atoms with Crippen LogP contribution in [0.5, 0.6) is 0 Å². The van der Waals surface area contributed by atoms with Crippen molar-refractivity contribution in [1.29, 1.82) is 0 Å². The van der Waals surface area contributed by atoms with E-state index in [1.807, 2.05) is 75.4 Å². The first-order chi connectivity index (χ1) is 24.6. The Hall–Kier alpha value is -5.56. The fourth-order valence-electron chi connectivity index (χ4n) is 8.43. The average Bonchev–Trinajstić information content (AvgIpc) is 3.33. The molecule has 268 valence electrons. The number of allylic oxidation sites excluding steroid dienone is 7. The highest BCUT2D eigenvalue weighted by Gasteiger charge is 2.47. The van der Waals surface area contributed by atoms with Crippen molar-refractivity contribution in [3.8, 4) is 0 Å².